The maximum absolute atomic E-state index is 10.6. The molecule has 1 aliphatic heterocycles. The Morgan fingerprint density at radius 2 is 1.78 bits per heavy atom. The molecule has 2 fully saturated rings. The molecule has 1 heterocycles. The smallest absolute Gasteiger partial charge is 0.0774 e. The van der Waals surface area contributed by atoms with Crippen LogP contribution in [0.15, 0.2) is 0 Å². The summed E-state index contributed by atoms with van der Waals surface area (Å²) in [6, 6.07) is 0.679. The van der Waals surface area contributed by atoms with Crippen molar-refractivity contribution in [2.45, 2.75) is 63.5 Å². The van der Waals surface area contributed by atoms with Gasteiger partial charge in [-0.2, -0.15) is 0 Å². The first-order valence-corrected chi connectivity index (χ1v) is 7.78. The second-order valence-corrected chi connectivity index (χ2v) is 6.37. The molecule has 18 heavy (non-hydrogen) atoms. The normalized spacial score (nSPS) is 26.7. The van der Waals surface area contributed by atoms with Gasteiger partial charge < -0.3 is 14.9 Å². The summed E-state index contributed by atoms with van der Waals surface area (Å²) in [4.78, 5) is 4.96. The van der Waals surface area contributed by atoms with Gasteiger partial charge in [-0.05, 0) is 52.4 Å². The highest BCUT2D eigenvalue weighted by molar-refractivity contribution is 4.88. The van der Waals surface area contributed by atoms with E-state index in [0.29, 0.717) is 6.04 Å². The lowest BCUT2D eigenvalue weighted by atomic mass is 9.84. The second-order valence-electron chi connectivity index (χ2n) is 6.37. The van der Waals surface area contributed by atoms with Crippen LogP contribution >= 0.6 is 0 Å². The van der Waals surface area contributed by atoms with Crippen molar-refractivity contribution in [2.24, 2.45) is 0 Å². The molecule has 0 spiro atoms. The van der Waals surface area contributed by atoms with Crippen LogP contribution in [0.5, 0.6) is 0 Å². The Bertz CT molecular complexity index is 243. The first kappa shape index (κ1) is 14.3. The summed E-state index contributed by atoms with van der Waals surface area (Å²) in [7, 11) is 2.21. The molecule has 2 rings (SSSR count). The minimum Gasteiger partial charge on any atom is -0.389 e. The van der Waals surface area contributed by atoms with E-state index in [-0.39, 0.29) is 0 Å². The van der Waals surface area contributed by atoms with Crippen molar-refractivity contribution in [1.29, 1.82) is 0 Å². The topological polar surface area (TPSA) is 26.7 Å². The fourth-order valence-corrected chi connectivity index (χ4v) is 3.64. The Labute approximate surface area is 112 Å². The first-order valence-electron chi connectivity index (χ1n) is 7.78. The van der Waals surface area contributed by atoms with E-state index >= 15 is 0 Å². The van der Waals surface area contributed by atoms with Gasteiger partial charge in [-0.1, -0.05) is 26.2 Å². The minimum absolute atomic E-state index is 0.394. The zero-order valence-corrected chi connectivity index (χ0v) is 12.2. The molecule has 1 aliphatic carbocycles. The molecular formula is C15H30N2O. The van der Waals surface area contributed by atoms with Crippen molar-refractivity contribution in [3.8, 4) is 0 Å². The van der Waals surface area contributed by atoms with Gasteiger partial charge in [0.2, 0.25) is 0 Å². The molecular weight excluding hydrogens is 224 g/mol. The lowest BCUT2D eigenvalue weighted by Crippen LogP contribution is -2.50. The van der Waals surface area contributed by atoms with Crippen LogP contribution in [0.25, 0.3) is 0 Å². The average Bonchev–Trinajstić information content (AvgIpc) is 2.39. The molecule has 1 saturated carbocycles. The molecule has 0 aromatic carbocycles. The van der Waals surface area contributed by atoms with E-state index in [2.05, 4.69) is 23.8 Å². The van der Waals surface area contributed by atoms with E-state index in [1.54, 1.807) is 0 Å². The third-order valence-corrected chi connectivity index (χ3v) is 4.96. The number of hydrogen-bond donors (Lipinski definition) is 1. The Hall–Kier alpha value is -0.120. The van der Waals surface area contributed by atoms with Gasteiger partial charge in [-0.3, -0.25) is 0 Å². The number of rotatable bonds is 4. The average molecular weight is 254 g/mol. The van der Waals surface area contributed by atoms with Crippen molar-refractivity contribution < 1.29 is 5.11 Å². The van der Waals surface area contributed by atoms with Crippen molar-refractivity contribution >= 4 is 0 Å². The molecule has 3 heteroatoms. The van der Waals surface area contributed by atoms with E-state index in [4.69, 9.17) is 0 Å². The Kier molecular flexibility index (Phi) is 5.05. The van der Waals surface area contributed by atoms with Crippen molar-refractivity contribution in [2.75, 3.05) is 33.2 Å². The monoisotopic (exact) mass is 254 g/mol. The Morgan fingerprint density at radius 1 is 1.17 bits per heavy atom. The molecule has 0 bridgehead atoms. The van der Waals surface area contributed by atoms with E-state index in [0.717, 1.165) is 19.4 Å². The van der Waals surface area contributed by atoms with Crippen LogP contribution < -0.4 is 0 Å². The molecule has 1 N–H and O–H groups in total. The number of piperidine rings is 1. The van der Waals surface area contributed by atoms with E-state index in [1.807, 2.05) is 0 Å². The Morgan fingerprint density at radius 3 is 2.33 bits per heavy atom. The highest BCUT2D eigenvalue weighted by atomic mass is 16.3. The summed E-state index contributed by atoms with van der Waals surface area (Å²) >= 11 is 0. The maximum Gasteiger partial charge on any atom is 0.0774 e. The molecule has 0 amide bonds. The number of aliphatic hydroxyl groups is 1. The molecule has 2 aliphatic rings. The fourth-order valence-electron chi connectivity index (χ4n) is 3.64. The largest absolute Gasteiger partial charge is 0.389 e. The predicted octanol–water partition coefficient (Wildman–Crippen LogP) is 2.10. The van der Waals surface area contributed by atoms with E-state index in [1.165, 1.54) is 51.7 Å². The summed E-state index contributed by atoms with van der Waals surface area (Å²) < 4.78 is 0. The van der Waals surface area contributed by atoms with Crippen molar-refractivity contribution in [3.05, 3.63) is 0 Å². The second kappa shape index (κ2) is 6.36. The highest BCUT2D eigenvalue weighted by Gasteiger charge is 2.32. The molecule has 0 radical (unpaired) electrons. The summed E-state index contributed by atoms with van der Waals surface area (Å²) in [5, 5.41) is 10.6. The molecule has 0 unspecified atom stereocenters. The minimum atomic E-state index is -0.394. The van der Waals surface area contributed by atoms with Gasteiger partial charge in [0.05, 0.1) is 5.60 Å². The fraction of sp³-hybridized carbons (Fsp3) is 1.00. The molecule has 0 atom stereocenters. The number of likely N-dealkylation sites (N-methyl/N-ethyl adjacent to an activating group) is 1. The van der Waals surface area contributed by atoms with Gasteiger partial charge in [-0.25, -0.2) is 0 Å². The zero-order valence-electron chi connectivity index (χ0n) is 12.2. The lowest BCUT2D eigenvalue weighted by molar-refractivity contribution is -0.0347. The number of likely N-dealkylation sites (tertiary alicyclic amines) is 1. The summed E-state index contributed by atoms with van der Waals surface area (Å²) in [5.41, 5.74) is -0.394. The van der Waals surface area contributed by atoms with Crippen LogP contribution in [0.3, 0.4) is 0 Å². The molecule has 0 aromatic rings. The van der Waals surface area contributed by atoms with Crippen LogP contribution in [0.1, 0.15) is 51.9 Å². The zero-order chi connectivity index (χ0) is 13.0. The quantitative estimate of drug-likeness (QED) is 0.832. The van der Waals surface area contributed by atoms with Gasteiger partial charge in [0.15, 0.2) is 0 Å². The summed E-state index contributed by atoms with van der Waals surface area (Å²) in [6.07, 6.45) is 8.26. The van der Waals surface area contributed by atoms with Gasteiger partial charge in [0, 0.05) is 12.6 Å². The maximum atomic E-state index is 10.6. The lowest BCUT2D eigenvalue weighted by Gasteiger charge is -2.41. The van der Waals surface area contributed by atoms with Gasteiger partial charge in [0.1, 0.15) is 0 Å². The number of nitrogens with zero attached hydrogens (tertiary/aromatic N) is 2. The van der Waals surface area contributed by atoms with Gasteiger partial charge in [0.25, 0.3) is 0 Å². The Balaban J connectivity index is 1.79. The van der Waals surface area contributed by atoms with Crippen LogP contribution in [0.4, 0.5) is 0 Å². The van der Waals surface area contributed by atoms with Crippen LogP contribution in [-0.2, 0) is 0 Å². The molecule has 3 nitrogen and oxygen atoms in total. The SMILES string of the molecule is CCN1CCC(N(C)CC2(O)CCCCC2)CC1. The molecule has 106 valence electrons. The van der Waals surface area contributed by atoms with Gasteiger partial charge in [-0.15, -0.1) is 0 Å². The standard InChI is InChI=1S/C15H30N2O/c1-3-17-11-7-14(8-12-17)16(2)13-15(18)9-5-4-6-10-15/h14,18H,3-13H2,1-2H3. The third kappa shape index (κ3) is 3.69. The van der Waals surface area contributed by atoms with Crippen LogP contribution in [0.2, 0.25) is 0 Å². The first-order chi connectivity index (χ1) is 8.63. The van der Waals surface area contributed by atoms with Crippen LogP contribution in [-0.4, -0.2) is 59.8 Å². The van der Waals surface area contributed by atoms with Gasteiger partial charge >= 0.3 is 0 Å². The van der Waals surface area contributed by atoms with Crippen LogP contribution in [0, 0.1) is 0 Å². The predicted molar refractivity (Wildman–Crippen MR) is 75.8 cm³/mol. The third-order valence-electron chi connectivity index (χ3n) is 4.96. The van der Waals surface area contributed by atoms with Crippen molar-refractivity contribution in [3.63, 3.8) is 0 Å². The number of hydrogen-bond acceptors (Lipinski definition) is 3. The van der Waals surface area contributed by atoms with Crippen molar-refractivity contribution in [1.82, 2.24) is 9.80 Å². The summed E-state index contributed by atoms with van der Waals surface area (Å²) in [5.74, 6) is 0. The van der Waals surface area contributed by atoms with E-state index < -0.39 is 5.60 Å². The highest BCUT2D eigenvalue weighted by Crippen LogP contribution is 2.29. The molecule has 0 aromatic heterocycles. The summed E-state index contributed by atoms with van der Waals surface area (Å²) in [6.45, 7) is 6.76. The van der Waals surface area contributed by atoms with E-state index in [9.17, 15) is 5.11 Å². The molecule has 1 saturated heterocycles.